The number of hydrogen-bond acceptors (Lipinski definition) is 3. The highest BCUT2D eigenvalue weighted by Crippen LogP contribution is 2.27. The van der Waals surface area contributed by atoms with Gasteiger partial charge in [-0.2, -0.15) is 0 Å². The van der Waals surface area contributed by atoms with E-state index < -0.39 is 0 Å². The molecule has 0 amide bonds. The Morgan fingerprint density at radius 3 is 2.96 bits per heavy atom. The number of fused-ring (bicyclic) bond motifs is 1. The third-order valence-electron chi connectivity index (χ3n) is 4.63. The zero-order valence-electron chi connectivity index (χ0n) is 14.4. The van der Waals surface area contributed by atoms with E-state index >= 15 is 0 Å². The second kappa shape index (κ2) is 9.19. The predicted octanol–water partition coefficient (Wildman–Crippen LogP) is 2.84. The van der Waals surface area contributed by atoms with Crippen molar-refractivity contribution in [3.05, 3.63) is 30.2 Å². The quantitative estimate of drug-likeness (QED) is 0.434. The Kier molecular flexibility index (Phi) is 7.26. The van der Waals surface area contributed by atoms with E-state index in [2.05, 4.69) is 32.7 Å². The van der Waals surface area contributed by atoms with Gasteiger partial charge in [-0.15, -0.1) is 34.2 Å². The molecule has 2 N–H and O–H groups in total. The SMILES string of the molecule is CN=C(NCc1nnc2ccccn12)NCC1CCCC(C)C1.I. The molecule has 0 radical (unpaired) electrons. The van der Waals surface area contributed by atoms with Crippen molar-refractivity contribution >= 4 is 35.6 Å². The minimum atomic E-state index is 0. The second-order valence-corrected chi connectivity index (χ2v) is 6.49. The first kappa shape index (κ1) is 19.0. The zero-order valence-corrected chi connectivity index (χ0v) is 16.7. The van der Waals surface area contributed by atoms with E-state index in [0.717, 1.165) is 35.8 Å². The van der Waals surface area contributed by atoms with Crippen LogP contribution in [0.5, 0.6) is 0 Å². The molecule has 2 heterocycles. The van der Waals surface area contributed by atoms with Crippen molar-refractivity contribution in [2.45, 2.75) is 39.2 Å². The summed E-state index contributed by atoms with van der Waals surface area (Å²) in [4.78, 5) is 4.31. The van der Waals surface area contributed by atoms with Crippen LogP contribution in [0.15, 0.2) is 29.4 Å². The molecule has 0 spiro atoms. The summed E-state index contributed by atoms with van der Waals surface area (Å²) in [5.74, 6) is 3.32. The van der Waals surface area contributed by atoms with Gasteiger partial charge in [0.05, 0.1) is 6.54 Å². The molecular weight excluding hydrogens is 415 g/mol. The lowest BCUT2D eigenvalue weighted by molar-refractivity contribution is 0.282. The molecule has 1 aliphatic carbocycles. The summed E-state index contributed by atoms with van der Waals surface area (Å²) in [6.45, 7) is 3.95. The molecule has 0 saturated heterocycles. The Hall–Kier alpha value is -1.38. The molecule has 1 fully saturated rings. The topological polar surface area (TPSA) is 66.6 Å². The Morgan fingerprint density at radius 1 is 1.29 bits per heavy atom. The summed E-state index contributed by atoms with van der Waals surface area (Å²) in [5, 5.41) is 15.2. The van der Waals surface area contributed by atoms with Crippen LogP contribution in [0.3, 0.4) is 0 Å². The Bertz CT molecular complexity index is 668. The van der Waals surface area contributed by atoms with Gasteiger partial charge in [0.25, 0.3) is 0 Å². The largest absolute Gasteiger partial charge is 0.356 e. The molecule has 6 nitrogen and oxygen atoms in total. The number of pyridine rings is 1. The summed E-state index contributed by atoms with van der Waals surface area (Å²) in [7, 11) is 1.81. The van der Waals surface area contributed by atoms with Gasteiger partial charge in [-0.1, -0.05) is 25.8 Å². The van der Waals surface area contributed by atoms with Crippen molar-refractivity contribution in [2.24, 2.45) is 16.8 Å². The minimum Gasteiger partial charge on any atom is -0.356 e. The fourth-order valence-corrected chi connectivity index (χ4v) is 3.38. The van der Waals surface area contributed by atoms with E-state index in [4.69, 9.17) is 0 Å². The summed E-state index contributed by atoms with van der Waals surface area (Å²) in [6.07, 6.45) is 7.35. The van der Waals surface area contributed by atoms with Gasteiger partial charge in [-0.3, -0.25) is 9.39 Å². The first-order valence-corrected chi connectivity index (χ1v) is 8.49. The average molecular weight is 442 g/mol. The molecule has 1 aliphatic rings. The molecule has 0 aromatic carbocycles. The van der Waals surface area contributed by atoms with Crippen LogP contribution in [0.1, 0.15) is 38.4 Å². The molecule has 3 rings (SSSR count). The van der Waals surface area contributed by atoms with Gasteiger partial charge in [0.15, 0.2) is 17.4 Å². The maximum Gasteiger partial charge on any atom is 0.191 e. The Labute approximate surface area is 160 Å². The molecular formula is C17H27IN6. The maximum absolute atomic E-state index is 4.31. The lowest BCUT2D eigenvalue weighted by Crippen LogP contribution is -2.40. The standard InChI is InChI=1S/C17H26N6.HI/c1-13-6-5-7-14(10-13)11-19-17(18-2)20-12-16-22-21-15-8-3-4-9-23(15)16;/h3-4,8-9,13-14H,5-7,10-12H2,1-2H3,(H2,18,19,20);1H. The number of guanidine groups is 1. The van der Waals surface area contributed by atoms with Crippen LogP contribution in [0.25, 0.3) is 5.65 Å². The summed E-state index contributed by atoms with van der Waals surface area (Å²) >= 11 is 0. The molecule has 24 heavy (non-hydrogen) atoms. The van der Waals surface area contributed by atoms with E-state index in [0.29, 0.717) is 6.54 Å². The summed E-state index contributed by atoms with van der Waals surface area (Å²) < 4.78 is 1.99. The smallest absolute Gasteiger partial charge is 0.191 e. The summed E-state index contributed by atoms with van der Waals surface area (Å²) in [6, 6.07) is 5.90. The number of hydrogen-bond donors (Lipinski definition) is 2. The zero-order chi connectivity index (χ0) is 16.1. The average Bonchev–Trinajstić information content (AvgIpc) is 2.98. The third kappa shape index (κ3) is 4.81. The van der Waals surface area contributed by atoms with Crippen LogP contribution in [-0.4, -0.2) is 34.2 Å². The van der Waals surface area contributed by atoms with E-state index in [1.165, 1.54) is 25.7 Å². The Balaban J connectivity index is 0.00000208. The van der Waals surface area contributed by atoms with E-state index in [-0.39, 0.29) is 24.0 Å². The highest BCUT2D eigenvalue weighted by Gasteiger charge is 2.18. The molecule has 2 unspecified atom stereocenters. The molecule has 132 valence electrons. The normalized spacial score (nSPS) is 21.3. The van der Waals surface area contributed by atoms with E-state index in [1.54, 1.807) is 7.05 Å². The molecule has 2 aromatic rings. The highest BCUT2D eigenvalue weighted by molar-refractivity contribution is 14.0. The van der Waals surface area contributed by atoms with Gasteiger partial charge in [-0.05, 0) is 36.8 Å². The van der Waals surface area contributed by atoms with E-state index in [9.17, 15) is 0 Å². The first-order valence-electron chi connectivity index (χ1n) is 8.49. The number of aromatic nitrogens is 3. The lowest BCUT2D eigenvalue weighted by atomic mass is 9.82. The molecule has 2 atom stereocenters. The van der Waals surface area contributed by atoms with Gasteiger partial charge >= 0.3 is 0 Å². The number of rotatable bonds is 4. The van der Waals surface area contributed by atoms with Crippen LogP contribution in [0.2, 0.25) is 0 Å². The van der Waals surface area contributed by atoms with Crippen molar-refractivity contribution in [1.29, 1.82) is 0 Å². The third-order valence-corrected chi connectivity index (χ3v) is 4.63. The van der Waals surface area contributed by atoms with Crippen molar-refractivity contribution in [3.63, 3.8) is 0 Å². The molecule has 0 aliphatic heterocycles. The summed E-state index contributed by atoms with van der Waals surface area (Å²) in [5.41, 5.74) is 0.864. The van der Waals surface area contributed by atoms with Crippen LogP contribution in [0, 0.1) is 11.8 Å². The number of aliphatic imine (C=N–C) groups is 1. The number of halogens is 1. The lowest BCUT2D eigenvalue weighted by Gasteiger charge is -2.27. The maximum atomic E-state index is 4.31. The van der Waals surface area contributed by atoms with Gasteiger partial charge < -0.3 is 10.6 Å². The van der Waals surface area contributed by atoms with Gasteiger partial charge in [0.2, 0.25) is 0 Å². The monoisotopic (exact) mass is 442 g/mol. The van der Waals surface area contributed by atoms with Crippen molar-refractivity contribution < 1.29 is 0 Å². The number of nitrogens with one attached hydrogen (secondary N) is 2. The van der Waals surface area contributed by atoms with Crippen LogP contribution < -0.4 is 10.6 Å². The van der Waals surface area contributed by atoms with Crippen molar-refractivity contribution in [3.8, 4) is 0 Å². The number of nitrogens with zero attached hydrogens (tertiary/aromatic N) is 4. The predicted molar refractivity (Wildman–Crippen MR) is 108 cm³/mol. The minimum absolute atomic E-state index is 0. The van der Waals surface area contributed by atoms with Gasteiger partial charge in [0.1, 0.15) is 0 Å². The molecule has 7 heteroatoms. The van der Waals surface area contributed by atoms with Gasteiger partial charge in [0, 0.05) is 19.8 Å². The molecule has 1 saturated carbocycles. The molecule has 0 bridgehead atoms. The first-order chi connectivity index (χ1) is 11.3. The van der Waals surface area contributed by atoms with Crippen LogP contribution in [0.4, 0.5) is 0 Å². The van der Waals surface area contributed by atoms with Crippen molar-refractivity contribution in [2.75, 3.05) is 13.6 Å². The van der Waals surface area contributed by atoms with Crippen LogP contribution in [-0.2, 0) is 6.54 Å². The second-order valence-electron chi connectivity index (χ2n) is 6.49. The van der Waals surface area contributed by atoms with Gasteiger partial charge in [-0.25, -0.2) is 0 Å². The Morgan fingerprint density at radius 2 is 2.17 bits per heavy atom. The van der Waals surface area contributed by atoms with E-state index in [1.807, 2.05) is 28.8 Å². The van der Waals surface area contributed by atoms with Crippen LogP contribution >= 0.6 is 24.0 Å². The highest BCUT2D eigenvalue weighted by atomic mass is 127. The van der Waals surface area contributed by atoms with Crippen molar-refractivity contribution in [1.82, 2.24) is 25.2 Å². The molecule has 2 aromatic heterocycles. The fraction of sp³-hybridized carbons (Fsp3) is 0.588. The fourth-order valence-electron chi connectivity index (χ4n) is 3.38.